The minimum Gasteiger partial charge on any atom is -0.452 e. The van der Waals surface area contributed by atoms with Gasteiger partial charge in [0.15, 0.2) is 6.61 Å². The number of thiophene rings is 1. The second kappa shape index (κ2) is 8.17. The molecule has 2 rings (SSSR count). The Hall–Kier alpha value is -2.05. The van der Waals surface area contributed by atoms with Gasteiger partial charge in [0.2, 0.25) is 0 Å². The van der Waals surface area contributed by atoms with Gasteiger partial charge in [-0.2, -0.15) is 0 Å². The number of halogens is 1. The third-order valence-corrected chi connectivity index (χ3v) is 4.61. The second-order valence-electron chi connectivity index (χ2n) is 5.47. The number of nitrogens with zero attached hydrogens (tertiary/aromatic N) is 2. The van der Waals surface area contributed by atoms with Crippen molar-refractivity contribution >= 4 is 40.5 Å². The van der Waals surface area contributed by atoms with Gasteiger partial charge in [0.25, 0.3) is 5.91 Å². The minimum absolute atomic E-state index is 0.266. The van der Waals surface area contributed by atoms with E-state index < -0.39 is 5.97 Å². The standard InChI is InChI=1S/C17H19ClN2O3S/c1-19(2)13-6-4-12(5-7-13)17(22)23-11-16(21)20(3)10-14-8-9-15(18)24-14/h4-9H,10-11H2,1-3H3. The van der Waals surface area contributed by atoms with E-state index in [9.17, 15) is 9.59 Å². The summed E-state index contributed by atoms with van der Waals surface area (Å²) >= 11 is 7.29. The molecule has 7 heteroatoms. The fourth-order valence-electron chi connectivity index (χ4n) is 1.98. The number of anilines is 1. The first kappa shape index (κ1) is 18.3. The van der Waals surface area contributed by atoms with Crippen LogP contribution in [0.25, 0.3) is 0 Å². The van der Waals surface area contributed by atoms with E-state index in [0.29, 0.717) is 16.4 Å². The summed E-state index contributed by atoms with van der Waals surface area (Å²) in [6.45, 7) is 0.148. The Kier molecular flexibility index (Phi) is 6.23. The normalized spacial score (nSPS) is 10.3. The van der Waals surface area contributed by atoms with E-state index in [1.165, 1.54) is 16.2 Å². The van der Waals surface area contributed by atoms with Crippen LogP contribution in [0.2, 0.25) is 4.34 Å². The van der Waals surface area contributed by atoms with Crippen LogP contribution < -0.4 is 4.90 Å². The Labute approximate surface area is 150 Å². The van der Waals surface area contributed by atoms with Crippen molar-refractivity contribution in [3.63, 3.8) is 0 Å². The molecule has 128 valence electrons. The predicted molar refractivity (Wildman–Crippen MR) is 96.9 cm³/mol. The van der Waals surface area contributed by atoms with Crippen molar-refractivity contribution < 1.29 is 14.3 Å². The van der Waals surface area contributed by atoms with Crippen molar-refractivity contribution in [2.24, 2.45) is 0 Å². The molecule has 0 N–H and O–H groups in total. The first-order chi connectivity index (χ1) is 11.4. The third-order valence-electron chi connectivity index (χ3n) is 3.39. The SMILES string of the molecule is CN(Cc1ccc(Cl)s1)C(=O)COC(=O)c1ccc(N(C)C)cc1. The summed E-state index contributed by atoms with van der Waals surface area (Å²) in [7, 11) is 5.50. The molecule has 0 aliphatic heterocycles. The molecule has 0 aliphatic carbocycles. The Balaban J connectivity index is 1.85. The summed E-state index contributed by atoms with van der Waals surface area (Å²) in [6, 6.07) is 10.7. The van der Waals surface area contributed by atoms with Gasteiger partial charge in [-0.05, 0) is 36.4 Å². The number of rotatable bonds is 6. The monoisotopic (exact) mass is 366 g/mol. The van der Waals surface area contributed by atoms with Crippen molar-refractivity contribution in [2.45, 2.75) is 6.54 Å². The lowest BCUT2D eigenvalue weighted by Crippen LogP contribution is -2.30. The van der Waals surface area contributed by atoms with Gasteiger partial charge in [-0.3, -0.25) is 4.79 Å². The largest absolute Gasteiger partial charge is 0.452 e. The van der Waals surface area contributed by atoms with Crippen molar-refractivity contribution in [3.8, 4) is 0 Å². The molecule has 0 bridgehead atoms. The van der Waals surface area contributed by atoms with Crippen LogP contribution in [0.5, 0.6) is 0 Å². The van der Waals surface area contributed by atoms with E-state index >= 15 is 0 Å². The predicted octanol–water partition coefficient (Wildman–Crippen LogP) is 3.28. The van der Waals surface area contributed by atoms with Crippen molar-refractivity contribution in [3.05, 3.63) is 51.2 Å². The first-order valence-electron chi connectivity index (χ1n) is 7.29. The van der Waals surface area contributed by atoms with E-state index in [2.05, 4.69) is 0 Å². The number of carbonyl (C=O) groups excluding carboxylic acids is 2. The third kappa shape index (κ3) is 4.97. The Morgan fingerprint density at radius 2 is 1.75 bits per heavy atom. The topological polar surface area (TPSA) is 49.9 Å². The molecule has 0 saturated heterocycles. The molecule has 0 fully saturated rings. The number of benzene rings is 1. The van der Waals surface area contributed by atoms with E-state index in [4.69, 9.17) is 16.3 Å². The quantitative estimate of drug-likeness (QED) is 0.736. The highest BCUT2D eigenvalue weighted by atomic mass is 35.5. The summed E-state index contributed by atoms with van der Waals surface area (Å²) in [6.07, 6.45) is 0. The zero-order valence-electron chi connectivity index (χ0n) is 13.8. The van der Waals surface area contributed by atoms with Crippen LogP contribution in [0.1, 0.15) is 15.2 Å². The number of hydrogen-bond donors (Lipinski definition) is 0. The van der Waals surface area contributed by atoms with Crippen LogP contribution in [0.15, 0.2) is 36.4 Å². The summed E-state index contributed by atoms with van der Waals surface area (Å²) in [5.41, 5.74) is 1.40. The fourth-order valence-corrected chi connectivity index (χ4v) is 3.12. The first-order valence-corrected chi connectivity index (χ1v) is 8.49. The number of amides is 1. The summed E-state index contributed by atoms with van der Waals surface area (Å²) in [5, 5.41) is 0. The number of hydrogen-bond acceptors (Lipinski definition) is 5. The molecule has 1 aromatic heterocycles. The van der Waals surface area contributed by atoms with Crippen molar-refractivity contribution in [2.75, 3.05) is 32.6 Å². The maximum Gasteiger partial charge on any atom is 0.338 e. The average Bonchev–Trinajstić information content (AvgIpc) is 2.97. The Bertz CT molecular complexity index is 713. The van der Waals surface area contributed by atoms with Crippen LogP contribution in [0, 0.1) is 0 Å². The van der Waals surface area contributed by atoms with E-state index in [0.717, 1.165) is 10.6 Å². The van der Waals surface area contributed by atoms with Gasteiger partial charge in [-0.15, -0.1) is 11.3 Å². The molecule has 0 unspecified atom stereocenters. The highest BCUT2D eigenvalue weighted by Crippen LogP contribution is 2.22. The highest BCUT2D eigenvalue weighted by Gasteiger charge is 2.14. The zero-order valence-corrected chi connectivity index (χ0v) is 15.4. The highest BCUT2D eigenvalue weighted by molar-refractivity contribution is 7.16. The molecule has 24 heavy (non-hydrogen) atoms. The smallest absolute Gasteiger partial charge is 0.338 e. The van der Waals surface area contributed by atoms with Gasteiger partial charge >= 0.3 is 5.97 Å². The fraction of sp³-hybridized carbons (Fsp3) is 0.294. The number of ether oxygens (including phenoxy) is 1. The Morgan fingerprint density at radius 1 is 1.08 bits per heavy atom. The lowest BCUT2D eigenvalue weighted by atomic mass is 10.2. The molecule has 0 atom stereocenters. The lowest BCUT2D eigenvalue weighted by molar-refractivity contribution is -0.133. The summed E-state index contributed by atoms with van der Waals surface area (Å²) < 4.78 is 5.77. The van der Waals surface area contributed by atoms with E-state index in [-0.39, 0.29) is 12.5 Å². The van der Waals surface area contributed by atoms with Crippen molar-refractivity contribution in [1.29, 1.82) is 0 Å². The lowest BCUT2D eigenvalue weighted by Gasteiger charge is -2.16. The molecule has 0 saturated carbocycles. The molecule has 0 aliphatic rings. The zero-order chi connectivity index (χ0) is 17.7. The number of likely N-dealkylation sites (N-methyl/N-ethyl adjacent to an activating group) is 1. The van der Waals surface area contributed by atoms with Gasteiger partial charge in [-0.25, -0.2) is 4.79 Å². The van der Waals surface area contributed by atoms with Crippen LogP contribution in [0.3, 0.4) is 0 Å². The van der Waals surface area contributed by atoms with Gasteiger partial charge in [0.05, 0.1) is 16.4 Å². The van der Waals surface area contributed by atoms with Gasteiger partial charge in [0.1, 0.15) is 0 Å². The average molecular weight is 367 g/mol. The van der Waals surface area contributed by atoms with Gasteiger partial charge < -0.3 is 14.5 Å². The maximum atomic E-state index is 12.0. The van der Waals surface area contributed by atoms with Crippen molar-refractivity contribution in [1.82, 2.24) is 4.90 Å². The van der Waals surface area contributed by atoms with Gasteiger partial charge in [0, 0.05) is 31.7 Å². The summed E-state index contributed by atoms with van der Waals surface area (Å²) in [5.74, 6) is -0.779. The van der Waals surface area contributed by atoms with E-state index in [1.54, 1.807) is 25.2 Å². The van der Waals surface area contributed by atoms with Crippen LogP contribution in [0.4, 0.5) is 5.69 Å². The molecule has 1 heterocycles. The van der Waals surface area contributed by atoms with Crippen LogP contribution in [-0.2, 0) is 16.1 Å². The maximum absolute atomic E-state index is 12.0. The molecular weight excluding hydrogens is 348 g/mol. The minimum atomic E-state index is -0.513. The van der Waals surface area contributed by atoms with Crippen LogP contribution in [-0.4, -0.2) is 44.5 Å². The molecular formula is C17H19ClN2O3S. The molecule has 1 aromatic carbocycles. The Morgan fingerprint density at radius 3 is 2.29 bits per heavy atom. The van der Waals surface area contributed by atoms with E-state index in [1.807, 2.05) is 37.2 Å². The second-order valence-corrected chi connectivity index (χ2v) is 7.27. The molecule has 0 radical (unpaired) electrons. The molecule has 0 spiro atoms. The number of carbonyl (C=O) groups is 2. The summed E-state index contributed by atoms with van der Waals surface area (Å²) in [4.78, 5) is 28.5. The molecule has 5 nitrogen and oxygen atoms in total. The van der Waals surface area contributed by atoms with Crippen LogP contribution >= 0.6 is 22.9 Å². The molecule has 2 aromatic rings. The number of esters is 1. The van der Waals surface area contributed by atoms with Gasteiger partial charge in [-0.1, -0.05) is 11.6 Å². The molecule has 1 amide bonds.